The van der Waals surface area contributed by atoms with E-state index in [0.717, 1.165) is 18.0 Å². The number of benzene rings is 1. The second-order valence-electron chi connectivity index (χ2n) is 9.94. The number of aromatic nitrogens is 3. The van der Waals surface area contributed by atoms with Gasteiger partial charge in [-0.15, -0.1) is 0 Å². The molecule has 4 heterocycles. The lowest BCUT2D eigenvalue weighted by molar-refractivity contribution is -0.141. The van der Waals surface area contributed by atoms with Crippen molar-refractivity contribution in [3.8, 4) is 0 Å². The van der Waals surface area contributed by atoms with Gasteiger partial charge in [-0.2, -0.15) is 18.3 Å². The number of fused-ring (bicyclic) bond motifs is 3. The molecule has 0 saturated heterocycles. The number of carbonyl (C=O) groups excluding carboxylic acids is 2. The predicted molar refractivity (Wildman–Crippen MR) is 136 cm³/mol. The minimum absolute atomic E-state index is 0.156. The average Bonchev–Trinajstić information content (AvgIpc) is 3.28. The molecule has 0 saturated carbocycles. The van der Waals surface area contributed by atoms with Gasteiger partial charge in [-0.25, -0.2) is 4.85 Å². The third-order valence-corrected chi connectivity index (χ3v) is 7.70. The van der Waals surface area contributed by atoms with E-state index in [1.807, 2.05) is 13.8 Å². The summed E-state index contributed by atoms with van der Waals surface area (Å²) < 4.78 is 40.6. The highest BCUT2D eigenvalue weighted by Gasteiger charge is 2.41. The monoisotopic (exact) mass is 556 g/mol. The van der Waals surface area contributed by atoms with Gasteiger partial charge in [0.1, 0.15) is 11.4 Å². The first-order valence-corrected chi connectivity index (χ1v) is 12.7. The average molecular weight is 557 g/mol. The Hall–Kier alpha value is -3.91. The lowest BCUT2D eigenvalue weighted by Crippen LogP contribution is -2.45. The molecule has 3 atom stereocenters. The van der Waals surface area contributed by atoms with Gasteiger partial charge < -0.3 is 9.80 Å². The van der Waals surface area contributed by atoms with Gasteiger partial charge in [0.2, 0.25) is 5.69 Å². The molecule has 2 aromatic heterocycles. The van der Waals surface area contributed by atoms with Crippen LogP contribution >= 0.6 is 11.6 Å². The van der Waals surface area contributed by atoms with Gasteiger partial charge in [-0.1, -0.05) is 29.8 Å². The maximum atomic E-state index is 13.8. The summed E-state index contributed by atoms with van der Waals surface area (Å²) in [6, 6.07) is 5.88. The third kappa shape index (κ3) is 4.63. The third-order valence-electron chi connectivity index (χ3n) is 7.38. The molecule has 0 unspecified atom stereocenters. The summed E-state index contributed by atoms with van der Waals surface area (Å²) >= 11 is 6.04. The summed E-state index contributed by atoms with van der Waals surface area (Å²) in [5.41, 5.74) is 1.76. The number of amides is 2. The van der Waals surface area contributed by atoms with E-state index < -0.39 is 17.9 Å². The van der Waals surface area contributed by atoms with Gasteiger partial charge in [0.15, 0.2) is 0 Å². The van der Waals surface area contributed by atoms with Crippen LogP contribution in [0.2, 0.25) is 5.02 Å². The van der Waals surface area contributed by atoms with E-state index >= 15 is 0 Å². The van der Waals surface area contributed by atoms with Crippen molar-refractivity contribution >= 4 is 29.1 Å². The second-order valence-corrected chi connectivity index (χ2v) is 10.3. The summed E-state index contributed by atoms with van der Waals surface area (Å²) in [6.45, 7) is 13.3. The number of rotatable bonds is 3. The maximum Gasteiger partial charge on any atom is 0.433 e. The molecule has 1 aromatic carbocycles. The fourth-order valence-corrected chi connectivity index (χ4v) is 5.35. The van der Waals surface area contributed by atoms with Crippen molar-refractivity contribution in [3.63, 3.8) is 0 Å². The Morgan fingerprint density at radius 1 is 1.21 bits per heavy atom. The van der Waals surface area contributed by atoms with E-state index in [2.05, 4.69) is 9.83 Å². The summed E-state index contributed by atoms with van der Waals surface area (Å²) in [6.07, 6.45) is -2.95. The van der Waals surface area contributed by atoms with Crippen molar-refractivity contribution in [1.29, 1.82) is 0 Å². The Balaban J connectivity index is 1.45. The first kappa shape index (κ1) is 26.7. The first-order chi connectivity index (χ1) is 18.4. The Morgan fingerprint density at radius 3 is 2.59 bits per heavy atom. The zero-order chi connectivity index (χ0) is 28.2. The summed E-state index contributed by atoms with van der Waals surface area (Å²) in [5, 5.41) is 4.98. The summed E-state index contributed by atoms with van der Waals surface area (Å²) in [7, 11) is 0. The quantitative estimate of drug-likeness (QED) is 0.378. The number of hydrogen-bond acceptors (Lipinski definition) is 4. The number of carbonyl (C=O) groups is 2. The second kappa shape index (κ2) is 9.68. The van der Waals surface area contributed by atoms with E-state index in [4.69, 9.17) is 23.3 Å². The zero-order valence-electron chi connectivity index (χ0n) is 21.3. The minimum Gasteiger partial charge on any atom is -0.331 e. The van der Waals surface area contributed by atoms with Crippen LogP contribution in [-0.2, 0) is 19.1 Å². The topological polar surface area (TPSA) is 75.7 Å². The van der Waals surface area contributed by atoms with E-state index in [0.29, 0.717) is 35.3 Å². The van der Waals surface area contributed by atoms with Crippen LogP contribution < -0.4 is 0 Å². The molecule has 2 aliphatic heterocycles. The standard InChI is InChI=1S/C27H24ClF3N6O2/c1-14-9-21-19(13-35(14)25(38)17-5-7-20(28)22(10-17)32-4)24-26(39)36(12-15(2)37(24)34-21)16(3)18-6-8-23(33-11-18)27(29,30)31/h5-8,10-11,14-16H,9,12-13H2,1-3H3/t14-,15-,16+/m1/s1. The predicted octanol–water partition coefficient (Wildman–Crippen LogP) is 5.87. The molecule has 2 aliphatic rings. The van der Waals surface area contributed by atoms with Crippen LogP contribution in [0.3, 0.4) is 0 Å². The Morgan fingerprint density at radius 2 is 1.95 bits per heavy atom. The molecule has 0 N–H and O–H groups in total. The molecule has 2 amide bonds. The summed E-state index contributed by atoms with van der Waals surface area (Å²) in [5.74, 6) is -0.593. The van der Waals surface area contributed by atoms with Gasteiger partial charge in [0.25, 0.3) is 11.8 Å². The van der Waals surface area contributed by atoms with Gasteiger partial charge >= 0.3 is 6.18 Å². The molecule has 3 aromatic rings. The van der Waals surface area contributed by atoms with Crippen LogP contribution in [0.25, 0.3) is 4.85 Å². The molecule has 12 heteroatoms. The zero-order valence-corrected chi connectivity index (χ0v) is 22.1. The van der Waals surface area contributed by atoms with Gasteiger partial charge in [0.05, 0.1) is 30.9 Å². The van der Waals surface area contributed by atoms with Crippen molar-refractivity contribution < 1.29 is 22.8 Å². The molecule has 39 heavy (non-hydrogen) atoms. The molecule has 0 radical (unpaired) electrons. The fraction of sp³-hybridized carbons (Fsp3) is 0.370. The number of pyridine rings is 1. The van der Waals surface area contributed by atoms with Crippen LogP contribution in [0.5, 0.6) is 0 Å². The first-order valence-electron chi connectivity index (χ1n) is 12.3. The van der Waals surface area contributed by atoms with E-state index in [1.54, 1.807) is 27.5 Å². The van der Waals surface area contributed by atoms with Crippen molar-refractivity contribution in [2.75, 3.05) is 6.54 Å². The maximum absolute atomic E-state index is 13.8. The Bertz CT molecular complexity index is 1510. The fourth-order valence-electron chi connectivity index (χ4n) is 5.19. The van der Waals surface area contributed by atoms with Crippen LogP contribution in [0.1, 0.15) is 76.2 Å². The highest BCUT2D eigenvalue weighted by molar-refractivity contribution is 6.33. The molecule has 0 spiro atoms. The SMILES string of the molecule is [C-]#[N+]c1cc(C(=O)N2Cc3c(nn4c3C(=O)N([C@@H](C)c3ccc(C(F)(F)F)nc3)C[C@H]4C)C[C@H]2C)ccc1Cl. The van der Waals surface area contributed by atoms with Crippen LogP contribution in [0, 0.1) is 6.57 Å². The number of halogens is 4. The molecule has 202 valence electrons. The molecule has 0 fully saturated rings. The minimum atomic E-state index is -4.55. The van der Waals surface area contributed by atoms with Crippen molar-refractivity contribution in [2.45, 2.75) is 58.0 Å². The van der Waals surface area contributed by atoms with Crippen LogP contribution in [-0.4, -0.2) is 49.0 Å². The highest BCUT2D eigenvalue weighted by atomic mass is 35.5. The van der Waals surface area contributed by atoms with E-state index in [1.165, 1.54) is 18.2 Å². The van der Waals surface area contributed by atoms with Crippen molar-refractivity contribution in [3.05, 3.63) is 86.7 Å². The number of nitrogens with zero attached hydrogens (tertiary/aromatic N) is 6. The van der Waals surface area contributed by atoms with Crippen molar-refractivity contribution in [2.24, 2.45) is 0 Å². The van der Waals surface area contributed by atoms with E-state index in [-0.39, 0.29) is 41.2 Å². The normalized spacial score (nSPS) is 19.8. The van der Waals surface area contributed by atoms with Gasteiger partial charge in [-0.3, -0.25) is 19.3 Å². The number of hydrogen-bond donors (Lipinski definition) is 0. The molecular formula is C27H24ClF3N6O2. The summed E-state index contributed by atoms with van der Waals surface area (Å²) in [4.78, 5) is 37.4. The van der Waals surface area contributed by atoms with Gasteiger partial charge in [0, 0.05) is 41.4 Å². The largest absolute Gasteiger partial charge is 0.433 e. The van der Waals surface area contributed by atoms with Crippen LogP contribution in [0.4, 0.5) is 18.9 Å². The molecule has 5 rings (SSSR count). The van der Waals surface area contributed by atoms with Gasteiger partial charge in [-0.05, 0) is 38.5 Å². The Labute approximate surface area is 227 Å². The number of alkyl halides is 3. The highest BCUT2D eigenvalue weighted by Crippen LogP contribution is 2.36. The lowest BCUT2D eigenvalue weighted by atomic mass is 9.96. The molecular weight excluding hydrogens is 533 g/mol. The van der Waals surface area contributed by atoms with Crippen LogP contribution in [0.15, 0.2) is 36.5 Å². The molecule has 0 bridgehead atoms. The molecule has 8 nitrogen and oxygen atoms in total. The Kier molecular flexibility index (Phi) is 6.63. The smallest absolute Gasteiger partial charge is 0.331 e. The van der Waals surface area contributed by atoms with Crippen molar-refractivity contribution in [1.82, 2.24) is 24.6 Å². The molecule has 0 aliphatic carbocycles. The van der Waals surface area contributed by atoms with E-state index in [9.17, 15) is 22.8 Å². The lowest BCUT2D eigenvalue weighted by Gasteiger charge is -2.37.